The van der Waals surface area contributed by atoms with Gasteiger partial charge in [0, 0.05) is 43.1 Å². The first-order valence-electron chi connectivity index (χ1n) is 4.51. The van der Waals surface area contributed by atoms with Gasteiger partial charge in [-0.1, -0.05) is 41.5 Å². The molecule has 0 aromatic carbocycles. The Hall–Kier alpha value is 0.0931. The largest absolute Gasteiger partial charge is 0.512 e. The van der Waals surface area contributed by atoms with Crippen molar-refractivity contribution in [2.75, 3.05) is 0 Å². The van der Waals surface area contributed by atoms with Crippen molar-refractivity contribution in [1.29, 1.82) is 0 Å². The third kappa shape index (κ3) is 5.75. The minimum atomic E-state index is -0.417. The van der Waals surface area contributed by atoms with Gasteiger partial charge >= 0.3 is 0 Å². The summed E-state index contributed by atoms with van der Waals surface area (Å²) >= 11 is 0. The normalized spacial score (nSPS) is 13.4. The summed E-state index contributed by atoms with van der Waals surface area (Å²) in [5, 5.41) is 9.56. The number of ketones is 1. The zero-order valence-electron chi connectivity index (χ0n) is 9.93. The molecule has 0 fully saturated rings. The molecule has 0 aliphatic carbocycles. The van der Waals surface area contributed by atoms with Gasteiger partial charge in [0.1, 0.15) is 5.76 Å². The number of hydrogen-bond donors (Lipinski definition) is 1. The van der Waals surface area contributed by atoms with Gasteiger partial charge < -0.3 is 5.11 Å². The molecule has 0 aliphatic rings. The Morgan fingerprint density at radius 1 is 1.00 bits per heavy atom. The first-order valence-corrected chi connectivity index (χ1v) is 4.51. The Kier molecular flexibility index (Phi) is 6.20. The standard InChI is InChI=1S/C11H20O2.Zr/c1-10(2,3)8(12)7-9(13)11(4,5)6;/h7,12H,1-6H3;/b8-7-;. The van der Waals surface area contributed by atoms with Gasteiger partial charge in [-0.25, -0.2) is 0 Å². The van der Waals surface area contributed by atoms with Crippen LogP contribution in [0.3, 0.4) is 0 Å². The van der Waals surface area contributed by atoms with Crippen LogP contribution >= 0.6 is 0 Å². The van der Waals surface area contributed by atoms with E-state index in [0.29, 0.717) is 0 Å². The van der Waals surface area contributed by atoms with Crippen LogP contribution in [0.4, 0.5) is 0 Å². The summed E-state index contributed by atoms with van der Waals surface area (Å²) in [6.45, 7) is 11.1. The third-order valence-electron chi connectivity index (χ3n) is 1.78. The number of carbonyl (C=O) groups excluding carboxylic acids is 1. The minimum absolute atomic E-state index is 0. The smallest absolute Gasteiger partial charge is 0.164 e. The molecular weight excluding hydrogens is 255 g/mol. The second-order valence-electron chi connectivity index (χ2n) is 5.39. The Bertz CT molecular complexity index is 229. The van der Waals surface area contributed by atoms with Crippen LogP contribution in [0.25, 0.3) is 0 Å². The van der Waals surface area contributed by atoms with Gasteiger partial charge in [0.25, 0.3) is 0 Å². The van der Waals surface area contributed by atoms with Crippen LogP contribution in [-0.2, 0) is 31.0 Å². The van der Waals surface area contributed by atoms with E-state index in [2.05, 4.69) is 0 Å². The molecule has 0 unspecified atom stereocenters. The number of aliphatic hydroxyl groups excluding tert-OH is 1. The molecule has 0 bridgehead atoms. The molecule has 0 saturated heterocycles. The van der Waals surface area contributed by atoms with Crippen LogP contribution in [0.2, 0.25) is 0 Å². The molecule has 3 heteroatoms. The van der Waals surface area contributed by atoms with Gasteiger partial charge in [-0.2, -0.15) is 0 Å². The Balaban J connectivity index is 0. The zero-order chi connectivity index (χ0) is 10.9. The fourth-order valence-corrected chi connectivity index (χ4v) is 0.557. The molecule has 0 saturated carbocycles. The second kappa shape index (κ2) is 5.25. The summed E-state index contributed by atoms with van der Waals surface area (Å²) < 4.78 is 0. The Labute approximate surface area is 106 Å². The fourth-order valence-electron chi connectivity index (χ4n) is 0.557. The Morgan fingerprint density at radius 2 is 1.36 bits per heavy atom. The molecule has 0 heterocycles. The SMILES string of the molecule is CC(C)(C)C(=O)/C=C(\O)C(C)(C)C.[Zr]. The fraction of sp³-hybridized carbons (Fsp3) is 0.727. The van der Waals surface area contributed by atoms with E-state index in [-0.39, 0.29) is 43.2 Å². The van der Waals surface area contributed by atoms with E-state index in [0.717, 1.165) is 0 Å². The summed E-state index contributed by atoms with van der Waals surface area (Å²) in [7, 11) is 0. The number of rotatable bonds is 1. The zero-order valence-corrected chi connectivity index (χ0v) is 12.4. The van der Waals surface area contributed by atoms with Crippen LogP contribution in [0, 0.1) is 10.8 Å². The van der Waals surface area contributed by atoms with Crippen molar-refractivity contribution < 1.29 is 36.1 Å². The third-order valence-corrected chi connectivity index (χ3v) is 1.78. The molecule has 2 nitrogen and oxygen atoms in total. The first-order chi connectivity index (χ1) is 5.55. The van der Waals surface area contributed by atoms with Crippen molar-refractivity contribution in [3.8, 4) is 0 Å². The van der Waals surface area contributed by atoms with Crippen molar-refractivity contribution in [2.24, 2.45) is 10.8 Å². The second-order valence-corrected chi connectivity index (χ2v) is 5.39. The van der Waals surface area contributed by atoms with E-state index >= 15 is 0 Å². The average molecular weight is 276 g/mol. The van der Waals surface area contributed by atoms with Crippen LogP contribution in [0.15, 0.2) is 11.8 Å². The first kappa shape index (κ1) is 16.5. The van der Waals surface area contributed by atoms with Crippen LogP contribution in [0.1, 0.15) is 41.5 Å². The maximum Gasteiger partial charge on any atom is 0.164 e. The molecule has 0 radical (unpaired) electrons. The van der Waals surface area contributed by atoms with Gasteiger partial charge in [0.05, 0.1) is 0 Å². The number of allylic oxidation sites excluding steroid dienone is 2. The van der Waals surface area contributed by atoms with Crippen LogP contribution in [-0.4, -0.2) is 10.9 Å². The van der Waals surface area contributed by atoms with Gasteiger partial charge in [0.2, 0.25) is 0 Å². The Morgan fingerprint density at radius 3 is 1.57 bits per heavy atom. The van der Waals surface area contributed by atoms with Crippen molar-refractivity contribution in [3.05, 3.63) is 11.8 Å². The molecule has 1 N–H and O–H groups in total. The van der Waals surface area contributed by atoms with Gasteiger partial charge in [-0.15, -0.1) is 0 Å². The average Bonchev–Trinajstić information content (AvgIpc) is 1.82. The van der Waals surface area contributed by atoms with Crippen molar-refractivity contribution >= 4 is 5.78 Å². The summed E-state index contributed by atoms with van der Waals surface area (Å²) in [6, 6.07) is 0. The summed E-state index contributed by atoms with van der Waals surface area (Å²) in [4.78, 5) is 11.5. The monoisotopic (exact) mass is 274 g/mol. The summed E-state index contributed by atoms with van der Waals surface area (Å²) in [5.41, 5.74) is -0.764. The van der Waals surface area contributed by atoms with Gasteiger partial charge in [-0.05, 0) is 0 Å². The van der Waals surface area contributed by atoms with E-state index in [1.165, 1.54) is 6.08 Å². The number of hydrogen-bond acceptors (Lipinski definition) is 2. The van der Waals surface area contributed by atoms with Crippen molar-refractivity contribution in [1.82, 2.24) is 0 Å². The minimum Gasteiger partial charge on any atom is -0.512 e. The van der Waals surface area contributed by atoms with Gasteiger partial charge in [-0.3, -0.25) is 4.79 Å². The topological polar surface area (TPSA) is 37.3 Å². The molecule has 0 aromatic heterocycles. The number of carbonyl (C=O) groups is 1. The van der Waals surface area contributed by atoms with E-state index in [9.17, 15) is 9.90 Å². The molecule has 80 valence electrons. The van der Waals surface area contributed by atoms with E-state index in [4.69, 9.17) is 0 Å². The molecule has 14 heavy (non-hydrogen) atoms. The molecule has 0 atom stereocenters. The summed E-state index contributed by atoms with van der Waals surface area (Å²) in [6.07, 6.45) is 1.33. The molecule has 0 rings (SSSR count). The molecule has 0 aliphatic heterocycles. The maximum atomic E-state index is 11.5. The van der Waals surface area contributed by atoms with Crippen LogP contribution in [0.5, 0.6) is 0 Å². The molecule has 0 aromatic rings. The molecular formula is C11H20O2Zr. The predicted octanol–water partition coefficient (Wildman–Crippen LogP) is 3.09. The van der Waals surface area contributed by atoms with Crippen LogP contribution < -0.4 is 0 Å². The van der Waals surface area contributed by atoms with E-state index in [1.807, 2.05) is 41.5 Å². The maximum absolute atomic E-state index is 11.5. The quantitative estimate of drug-likeness (QED) is 0.590. The molecule has 0 spiro atoms. The van der Waals surface area contributed by atoms with Crippen molar-refractivity contribution in [3.63, 3.8) is 0 Å². The van der Waals surface area contributed by atoms with E-state index in [1.54, 1.807) is 0 Å². The summed E-state index contributed by atoms with van der Waals surface area (Å²) in [5.74, 6) is 0.104. The number of aliphatic hydroxyl groups is 1. The van der Waals surface area contributed by atoms with Gasteiger partial charge in [0.15, 0.2) is 5.78 Å². The molecule has 0 amide bonds. The predicted molar refractivity (Wildman–Crippen MR) is 54.6 cm³/mol. The van der Waals surface area contributed by atoms with E-state index < -0.39 is 5.41 Å². The van der Waals surface area contributed by atoms with Crippen molar-refractivity contribution in [2.45, 2.75) is 41.5 Å².